The lowest BCUT2D eigenvalue weighted by molar-refractivity contribution is -0.301. The molecule has 1 unspecified atom stereocenters. The lowest BCUT2D eigenvalue weighted by atomic mass is 9.99. The number of carboxylic acids is 1. The molecule has 1 aliphatic heterocycles. The normalized spacial score (nSPS) is 38.4. The van der Waals surface area contributed by atoms with Gasteiger partial charge in [-0.1, -0.05) is 0 Å². The van der Waals surface area contributed by atoms with Gasteiger partial charge in [0.05, 0.1) is 13.2 Å². The Labute approximate surface area is 102 Å². The highest BCUT2D eigenvalue weighted by Crippen LogP contribution is 2.21. The monoisotopic (exact) mass is 267 g/mol. The van der Waals surface area contributed by atoms with Crippen LogP contribution >= 0.6 is 0 Å². The van der Waals surface area contributed by atoms with Gasteiger partial charge in [-0.3, -0.25) is 4.79 Å². The molecular weight excluding hydrogens is 250 g/mol. The van der Waals surface area contributed by atoms with Gasteiger partial charge in [-0.15, -0.1) is 0 Å². The first-order chi connectivity index (χ1) is 8.38. The van der Waals surface area contributed by atoms with E-state index in [4.69, 9.17) is 25.4 Å². The molecule has 6 atom stereocenters. The van der Waals surface area contributed by atoms with E-state index in [1.54, 1.807) is 0 Å². The molecule has 0 spiro atoms. The Hall–Kier alpha value is -0.810. The van der Waals surface area contributed by atoms with E-state index in [2.05, 4.69) is 0 Å². The van der Waals surface area contributed by atoms with Crippen molar-refractivity contribution in [2.45, 2.75) is 36.7 Å². The second-order valence-electron chi connectivity index (χ2n) is 3.98. The van der Waals surface area contributed by atoms with Gasteiger partial charge in [-0.2, -0.15) is 0 Å². The minimum absolute atomic E-state index is 0.446. The zero-order valence-electron chi connectivity index (χ0n) is 9.42. The fourth-order valence-electron chi connectivity index (χ4n) is 1.47. The fourth-order valence-corrected chi connectivity index (χ4v) is 1.47. The number of carbonyl (C=O) groups is 1. The van der Waals surface area contributed by atoms with Crippen LogP contribution in [0.4, 0.5) is 0 Å². The van der Waals surface area contributed by atoms with Crippen molar-refractivity contribution in [1.82, 2.24) is 0 Å². The van der Waals surface area contributed by atoms with E-state index in [9.17, 15) is 20.1 Å². The van der Waals surface area contributed by atoms with Crippen LogP contribution in [0.15, 0.2) is 0 Å². The Balaban J connectivity index is 2.56. The zero-order chi connectivity index (χ0) is 13.9. The molecule has 0 bridgehead atoms. The van der Waals surface area contributed by atoms with E-state index >= 15 is 0 Å². The van der Waals surface area contributed by atoms with Crippen LogP contribution in [0.3, 0.4) is 0 Å². The Kier molecular flexibility index (Phi) is 5.41. The second kappa shape index (κ2) is 6.38. The van der Waals surface area contributed by atoms with E-state index in [0.29, 0.717) is 0 Å². The number of aliphatic hydroxyl groups is 4. The van der Waals surface area contributed by atoms with Gasteiger partial charge in [0.2, 0.25) is 0 Å². The second-order valence-corrected chi connectivity index (χ2v) is 3.98. The maximum Gasteiger partial charge on any atom is 0.322 e. The Bertz CT molecular complexity index is 286. The maximum atomic E-state index is 10.5. The van der Waals surface area contributed by atoms with Crippen LogP contribution in [0.5, 0.6) is 0 Å². The number of hydrogen-bond donors (Lipinski definition) is 6. The maximum absolute atomic E-state index is 10.5. The molecule has 18 heavy (non-hydrogen) atoms. The van der Waals surface area contributed by atoms with Crippen molar-refractivity contribution in [2.75, 3.05) is 13.2 Å². The van der Waals surface area contributed by atoms with Gasteiger partial charge < -0.3 is 40.7 Å². The van der Waals surface area contributed by atoms with Crippen molar-refractivity contribution in [3.05, 3.63) is 0 Å². The molecule has 106 valence electrons. The summed E-state index contributed by atoms with van der Waals surface area (Å²) in [6.07, 6.45) is -7.09. The van der Waals surface area contributed by atoms with Crippen LogP contribution in [0.2, 0.25) is 0 Å². The minimum atomic E-state index is -1.57. The molecule has 1 saturated heterocycles. The molecule has 0 saturated carbocycles. The van der Waals surface area contributed by atoms with E-state index in [1.807, 2.05) is 0 Å². The van der Waals surface area contributed by atoms with Gasteiger partial charge in [-0.05, 0) is 0 Å². The van der Waals surface area contributed by atoms with Crippen molar-refractivity contribution in [3.63, 3.8) is 0 Å². The summed E-state index contributed by atoms with van der Waals surface area (Å²) < 4.78 is 9.89. The van der Waals surface area contributed by atoms with Gasteiger partial charge in [-0.25, -0.2) is 0 Å². The van der Waals surface area contributed by atoms with E-state index in [1.165, 1.54) is 0 Å². The summed E-state index contributed by atoms with van der Waals surface area (Å²) in [7, 11) is 0. The van der Waals surface area contributed by atoms with Crippen LogP contribution in [0.1, 0.15) is 0 Å². The third kappa shape index (κ3) is 3.36. The number of hydrogen-bond acceptors (Lipinski definition) is 8. The third-order valence-corrected chi connectivity index (χ3v) is 2.61. The van der Waals surface area contributed by atoms with Crippen LogP contribution in [0, 0.1) is 0 Å². The topological polar surface area (TPSA) is 163 Å². The van der Waals surface area contributed by atoms with E-state index < -0.39 is 55.9 Å². The number of ether oxygens (including phenoxy) is 2. The molecular formula is C9H17NO8. The SMILES string of the molecule is N[C@@H](COC1O[C@H](CO)[C@H](O)[C@H](O)[C@H]1O)C(=O)O. The summed E-state index contributed by atoms with van der Waals surface area (Å²) in [5.74, 6) is -1.29. The largest absolute Gasteiger partial charge is 0.480 e. The molecule has 0 aromatic heterocycles. The molecule has 0 aromatic carbocycles. The third-order valence-electron chi connectivity index (χ3n) is 2.61. The first kappa shape index (κ1) is 15.2. The summed E-state index contributed by atoms with van der Waals surface area (Å²) in [5, 5.41) is 45.9. The van der Waals surface area contributed by atoms with Crippen molar-refractivity contribution in [1.29, 1.82) is 0 Å². The molecule has 1 aliphatic rings. The number of nitrogens with two attached hydrogens (primary N) is 1. The number of carboxylic acid groups (broad SMARTS) is 1. The van der Waals surface area contributed by atoms with Crippen molar-refractivity contribution in [3.8, 4) is 0 Å². The molecule has 0 amide bonds. The zero-order valence-corrected chi connectivity index (χ0v) is 9.42. The average molecular weight is 267 g/mol. The fraction of sp³-hybridized carbons (Fsp3) is 0.889. The predicted octanol–water partition coefficient (Wildman–Crippen LogP) is -3.79. The summed E-state index contributed by atoms with van der Waals surface area (Å²) in [6.45, 7) is -1.03. The van der Waals surface area contributed by atoms with E-state index in [-0.39, 0.29) is 0 Å². The van der Waals surface area contributed by atoms with Gasteiger partial charge in [0.1, 0.15) is 30.5 Å². The highest BCUT2D eigenvalue weighted by molar-refractivity contribution is 5.73. The Morgan fingerprint density at radius 3 is 2.39 bits per heavy atom. The van der Waals surface area contributed by atoms with Crippen LogP contribution < -0.4 is 5.73 Å². The number of aliphatic carboxylic acids is 1. The molecule has 0 aliphatic carbocycles. The van der Waals surface area contributed by atoms with E-state index in [0.717, 1.165) is 0 Å². The molecule has 9 nitrogen and oxygen atoms in total. The predicted molar refractivity (Wildman–Crippen MR) is 55.3 cm³/mol. The summed E-state index contributed by atoms with van der Waals surface area (Å²) in [5.41, 5.74) is 5.19. The van der Waals surface area contributed by atoms with Crippen LogP contribution in [-0.2, 0) is 14.3 Å². The molecule has 7 N–H and O–H groups in total. The minimum Gasteiger partial charge on any atom is -0.480 e. The molecule has 1 heterocycles. The standard InChI is InChI=1S/C9H17NO8/c10-3(8(15)16)2-17-9-7(14)6(13)5(12)4(1-11)18-9/h3-7,9,11-14H,1-2,10H2,(H,15,16)/t3-,4+,5-,6-,7+,9?/m0/s1. The van der Waals surface area contributed by atoms with Gasteiger partial charge in [0.15, 0.2) is 6.29 Å². The lowest BCUT2D eigenvalue weighted by Gasteiger charge is -2.39. The Morgan fingerprint density at radius 2 is 1.89 bits per heavy atom. The summed E-state index contributed by atoms with van der Waals surface area (Å²) >= 11 is 0. The Morgan fingerprint density at radius 1 is 1.28 bits per heavy atom. The lowest BCUT2D eigenvalue weighted by Crippen LogP contribution is -2.59. The van der Waals surface area contributed by atoms with Gasteiger partial charge in [0.25, 0.3) is 0 Å². The highest BCUT2D eigenvalue weighted by atomic mass is 16.7. The molecule has 0 aromatic rings. The van der Waals surface area contributed by atoms with Crippen molar-refractivity contribution < 1.29 is 39.8 Å². The van der Waals surface area contributed by atoms with Crippen molar-refractivity contribution in [2.24, 2.45) is 5.73 Å². The van der Waals surface area contributed by atoms with Crippen LogP contribution in [-0.4, -0.2) is 81.5 Å². The number of aliphatic hydroxyl groups excluding tert-OH is 4. The quantitative estimate of drug-likeness (QED) is 0.293. The molecule has 9 heteroatoms. The number of rotatable bonds is 5. The van der Waals surface area contributed by atoms with Crippen LogP contribution in [0.25, 0.3) is 0 Å². The molecule has 1 rings (SSSR count). The first-order valence-corrected chi connectivity index (χ1v) is 5.29. The van der Waals surface area contributed by atoms with Gasteiger partial charge in [0, 0.05) is 0 Å². The first-order valence-electron chi connectivity index (χ1n) is 5.29. The van der Waals surface area contributed by atoms with Gasteiger partial charge >= 0.3 is 5.97 Å². The molecule has 0 radical (unpaired) electrons. The highest BCUT2D eigenvalue weighted by Gasteiger charge is 2.44. The summed E-state index contributed by atoms with van der Waals surface area (Å²) in [6, 6.07) is -1.31. The summed E-state index contributed by atoms with van der Waals surface area (Å²) in [4.78, 5) is 10.5. The molecule has 1 fully saturated rings. The average Bonchev–Trinajstić information content (AvgIpc) is 2.34. The smallest absolute Gasteiger partial charge is 0.322 e. The van der Waals surface area contributed by atoms with Crippen molar-refractivity contribution >= 4 is 5.97 Å².